The molecule has 16 nitrogen and oxygen atoms in total. The van der Waals surface area contributed by atoms with Crippen molar-refractivity contribution in [3.8, 4) is 16.9 Å². The van der Waals surface area contributed by atoms with Gasteiger partial charge in [-0.15, -0.1) is 0 Å². The summed E-state index contributed by atoms with van der Waals surface area (Å²) in [6, 6.07) is 13.2. The Balaban J connectivity index is 0.983. The van der Waals surface area contributed by atoms with E-state index in [2.05, 4.69) is 17.2 Å². The van der Waals surface area contributed by atoms with Gasteiger partial charge in [0.15, 0.2) is 12.5 Å². The summed E-state index contributed by atoms with van der Waals surface area (Å²) in [5.41, 5.74) is 4.38. The van der Waals surface area contributed by atoms with E-state index in [9.17, 15) is 29.1 Å². The number of amides is 4. The average Bonchev–Trinajstić information content (AvgIpc) is 3.81. The van der Waals surface area contributed by atoms with Crippen LogP contribution < -0.4 is 20.3 Å². The Morgan fingerprint density at radius 3 is 2.41 bits per heavy atom. The summed E-state index contributed by atoms with van der Waals surface area (Å²) in [6.45, 7) is 6.74. The van der Waals surface area contributed by atoms with Gasteiger partial charge in [-0.2, -0.15) is 0 Å². The molecule has 0 saturated carbocycles. The van der Waals surface area contributed by atoms with Gasteiger partial charge in [-0.3, -0.25) is 14.4 Å². The third kappa shape index (κ3) is 9.66. The number of carbonyl (C=O) groups excluding carboxylic acids is 4. The maximum atomic E-state index is 14.2. The van der Waals surface area contributed by atoms with Crippen LogP contribution in [0.25, 0.3) is 11.1 Å². The molecule has 2 aromatic heterocycles. The van der Waals surface area contributed by atoms with E-state index in [1.165, 1.54) is 11.0 Å². The van der Waals surface area contributed by atoms with Crippen molar-refractivity contribution in [2.75, 3.05) is 41.9 Å². The maximum absolute atomic E-state index is 14.2. The first-order valence-electron chi connectivity index (χ1n) is 20.6. The van der Waals surface area contributed by atoms with Gasteiger partial charge in [-0.05, 0) is 93.3 Å². The third-order valence-corrected chi connectivity index (χ3v) is 11.2. The molecule has 3 N–H and O–H groups in total. The van der Waals surface area contributed by atoms with E-state index in [1.54, 1.807) is 84.2 Å². The van der Waals surface area contributed by atoms with Gasteiger partial charge in [0.05, 0.1) is 29.6 Å². The molecule has 4 aromatic rings. The summed E-state index contributed by atoms with van der Waals surface area (Å²) in [5.74, 6) is -1.41. The van der Waals surface area contributed by atoms with Crippen molar-refractivity contribution >= 4 is 46.8 Å². The first-order chi connectivity index (χ1) is 29.4. The lowest BCUT2D eigenvalue weighted by Crippen LogP contribution is -2.57. The number of aromatic carboxylic acids is 1. The van der Waals surface area contributed by atoms with Gasteiger partial charge >= 0.3 is 12.1 Å². The Morgan fingerprint density at radius 1 is 0.918 bits per heavy atom. The fourth-order valence-electron chi connectivity index (χ4n) is 8.07. The van der Waals surface area contributed by atoms with Crippen molar-refractivity contribution < 1.29 is 48.0 Å². The Labute approximate surface area is 354 Å². The number of carbonyl (C=O) groups is 5. The molecule has 3 atom stereocenters. The van der Waals surface area contributed by atoms with Crippen LogP contribution in [0.2, 0.25) is 0 Å². The fraction of sp³-hybridized carbons (Fsp3) is 0.400. The summed E-state index contributed by atoms with van der Waals surface area (Å²) >= 11 is 0. The van der Waals surface area contributed by atoms with E-state index >= 15 is 0 Å². The van der Waals surface area contributed by atoms with E-state index < -0.39 is 30.6 Å². The number of aromatic nitrogens is 2. The molecule has 2 saturated heterocycles. The normalized spacial score (nSPS) is 18.7. The standard InChI is InChI=1S/C45H52N6O10/c1-5-19-60-45(57)51-35-25-38(28(2)22-33(35)42(54)50-18-8-6-11-34(50)43(51)61-40-13-7-9-20-59-40)58-21-10-12-39(52)46-32-24-36(49(4)27-32)41(53)47-31-16-14-29(15-17-31)30-23-37(44(55)56)48(3)26-30/h5,14-17,22-27,34,40,43H,1,6-13,18-21H2,2-4H3,(H,46,52)(H,47,53)(H,55,56)/t34-,40?,43?/m0/s1. The second-order valence-electron chi connectivity index (χ2n) is 15.5. The summed E-state index contributed by atoms with van der Waals surface area (Å²) in [7, 11) is 3.37. The number of rotatable bonds is 14. The van der Waals surface area contributed by atoms with E-state index in [0.717, 1.165) is 36.8 Å². The van der Waals surface area contributed by atoms with Gasteiger partial charge in [-0.25, -0.2) is 14.5 Å². The molecule has 16 heteroatoms. The van der Waals surface area contributed by atoms with E-state index in [-0.39, 0.29) is 43.1 Å². The highest BCUT2D eigenvalue weighted by atomic mass is 16.7. The van der Waals surface area contributed by atoms with Gasteiger partial charge in [0, 0.05) is 63.4 Å². The number of ether oxygens (including phenoxy) is 4. The quantitative estimate of drug-likeness (QED) is 0.0876. The minimum atomic E-state index is -1.02. The molecule has 4 amide bonds. The monoisotopic (exact) mass is 836 g/mol. The van der Waals surface area contributed by atoms with E-state index in [0.29, 0.717) is 72.0 Å². The molecule has 2 unspecified atom stereocenters. The van der Waals surface area contributed by atoms with Crippen molar-refractivity contribution in [2.45, 2.75) is 76.9 Å². The summed E-state index contributed by atoms with van der Waals surface area (Å²) in [4.78, 5) is 69.0. The lowest BCUT2D eigenvalue weighted by molar-refractivity contribution is -0.198. The molecule has 7 rings (SSSR count). The zero-order valence-electron chi connectivity index (χ0n) is 34.7. The molecule has 2 fully saturated rings. The van der Waals surface area contributed by atoms with E-state index in [4.69, 9.17) is 18.9 Å². The number of hydrogen-bond acceptors (Lipinski definition) is 9. The minimum absolute atomic E-state index is 0.0289. The number of fused-ring (bicyclic) bond motifs is 2. The molecule has 2 aromatic carbocycles. The average molecular weight is 837 g/mol. The molecule has 61 heavy (non-hydrogen) atoms. The summed E-state index contributed by atoms with van der Waals surface area (Å²) < 4.78 is 27.5. The highest BCUT2D eigenvalue weighted by Gasteiger charge is 2.46. The second kappa shape index (κ2) is 18.9. The van der Waals surface area contributed by atoms with Gasteiger partial charge in [-0.1, -0.05) is 24.8 Å². The van der Waals surface area contributed by atoms with Crippen LogP contribution in [-0.2, 0) is 33.1 Å². The number of piperidine rings is 1. The number of aryl methyl sites for hydroxylation is 3. The number of nitrogens with one attached hydrogen (secondary N) is 2. The molecule has 3 aliphatic rings. The first-order valence-corrected chi connectivity index (χ1v) is 20.6. The summed E-state index contributed by atoms with van der Waals surface area (Å²) in [6.07, 6.45) is 8.14. The highest BCUT2D eigenvalue weighted by Crippen LogP contribution is 2.40. The molecular formula is C45H52N6O10. The molecule has 322 valence electrons. The SMILES string of the molecule is C=CCOC(=O)N1c2cc(OCCCC(=O)Nc3cc(C(=O)Nc4ccc(-c5cc(C(=O)O)n(C)c5)cc4)n(C)c3)c(C)cc2C(=O)N2CCCC[C@H]2C1OC1CCCCO1. The lowest BCUT2D eigenvalue weighted by atomic mass is 10.00. The van der Waals surface area contributed by atoms with Crippen LogP contribution in [0.5, 0.6) is 5.75 Å². The van der Waals surface area contributed by atoms with Gasteiger partial charge < -0.3 is 48.7 Å². The Kier molecular flexibility index (Phi) is 13.2. The maximum Gasteiger partial charge on any atom is 0.416 e. The van der Waals surface area contributed by atoms with Crippen molar-refractivity contribution in [1.82, 2.24) is 14.0 Å². The Morgan fingerprint density at radius 2 is 1.69 bits per heavy atom. The van der Waals surface area contributed by atoms with E-state index in [1.807, 2.05) is 11.8 Å². The fourth-order valence-corrected chi connectivity index (χ4v) is 8.07. The molecule has 0 aliphatic carbocycles. The van der Waals surface area contributed by atoms with Crippen LogP contribution in [0.3, 0.4) is 0 Å². The van der Waals surface area contributed by atoms with Gasteiger partial charge in [0.25, 0.3) is 11.8 Å². The molecule has 5 heterocycles. The summed E-state index contributed by atoms with van der Waals surface area (Å²) in [5, 5.41) is 15.1. The second-order valence-corrected chi connectivity index (χ2v) is 15.5. The molecule has 3 aliphatic heterocycles. The van der Waals surface area contributed by atoms with Crippen molar-refractivity contribution in [1.29, 1.82) is 0 Å². The van der Waals surface area contributed by atoms with Crippen LogP contribution in [0.4, 0.5) is 21.9 Å². The van der Waals surface area contributed by atoms with Crippen LogP contribution in [-0.4, -0.2) is 93.8 Å². The predicted octanol–water partition coefficient (Wildman–Crippen LogP) is 7.09. The van der Waals surface area contributed by atoms with Gasteiger partial charge in [0.1, 0.15) is 23.7 Å². The van der Waals surface area contributed by atoms with Crippen molar-refractivity contribution in [3.05, 3.63) is 96.1 Å². The van der Waals surface area contributed by atoms with Crippen LogP contribution in [0.15, 0.2) is 73.6 Å². The van der Waals surface area contributed by atoms with Crippen LogP contribution in [0, 0.1) is 6.92 Å². The van der Waals surface area contributed by atoms with Crippen molar-refractivity contribution in [3.63, 3.8) is 0 Å². The number of hydrogen-bond donors (Lipinski definition) is 3. The molecule has 0 bridgehead atoms. The Bertz CT molecular complexity index is 2290. The largest absolute Gasteiger partial charge is 0.493 e. The number of anilines is 3. The number of benzene rings is 2. The lowest BCUT2D eigenvalue weighted by Gasteiger charge is -2.42. The van der Waals surface area contributed by atoms with Gasteiger partial charge in [0.2, 0.25) is 5.91 Å². The smallest absolute Gasteiger partial charge is 0.416 e. The molecular weight excluding hydrogens is 785 g/mol. The number of nitrogens with zero attached hydrogens (tertiary/aromatic N) is 4. The topological polar surface area (TPSA) is 183 Å². The van der Waals surface area contributed by atoms with Crippen LogP contribution >= 0.6 is 0 Å². The Hall–Kier alpha value is -6.39. The predicted molar refractivity (Wildman–Crippen MR) is 227 cm³/mol. The van der Waals surface area contributed by atoms with Crippen molar-refractivity contribution in [2.24, 2.45) is 14.1 Å². The number of carboxylic acid groups (broad SMARTS) is 1. The zero-order chi connectivity index (χ0) is 43.2. The highest BCUT2D eigenvalue weighted by molar-refractivity contribution is 6.06. The molecule has 0 spiro atoms. The number of carboxylic acids is 1. The zero-order valence-corrected chi connectivity index (χ0v) is 34.7. The first kappa shape index (κ1) is 42.7. The van der Waals surface area contributed by atoms with Crippen LogP contribution in [0.1, 0.15) is 88.3 Å². The minimum Gasteiger partial charge on any atom is -0.493 e. The third-order valence-electron chi connectivity index (χ3n) is 11.2. The molecule has 0 radical (unpaired) electrons.